The Labute approximate surface area is 275 Å². The predicted octanol–water partition coefficient (Wildman–Crippen LogP) is 8.04. The smallest absolute Gasteiger partial charge is 0.418 e. The maximum absolute atomic E-state index is 14.8. The fourth-order valence-corrected chi connectivity index (χ4v) is 6.42. The Morgan fingerprint density at radius 2 is 1.81 bits per heavy atom. The molecule has 0 bridgehead atoms. The number of aromatic nitrogens is 2. The molecule has 1 saturated heterocycles. The van der Waals surface area contributed by atoms with Gasteiger partial charge >= 0.3 is 6.18 Å². The number of halogens is 3. The summed E-state index contributed by atoms with van der Waals surface area (Å²) in [6, 6.07) is 8.54. The number of hydrogen-bond acceptors (Lipinski definition) is 7. The molecule has 1 unspecified atom stereocenters. The molecule has 10 heteroatoms. The van der Waals surface area contributed by atoms with Gasteiger partial charge < -0.3 is 20.3 Å². The van der Waals surface area contributed by atoms with Crippen LogP contribution in [0.4, 0.5) is 30.2 Å². The number of benzene rings is 1. The van der Waals surface area contributed by atoms with Crippen molar-refractivity contribution in [1.82, 2.24) is 20.6 Å². The molecule has 1 aromatic carbocycles. The predicted molar refractivity (Wildman–Crippen MR) is 183 cm³/mol. The molecule has 1 aliphatic carbocycles. The van der Waals surface area contributed by atoms with E-state index < -0.39 is 11.7 Å². The molecule has 3 aromatic rings. The van der Waals surface area contributed by atoms with Crippen LogP contribution in [0.3, 0.4) is 0 Å². The molecular weight excluding hydrogens is 601 g/mol. The molecule has 0 spiro atoms. The van der Waals surface area contributed by atoms with Gasteiger partial charge in [0.15, 0.2) is 0 Å². The largest absolute Gasteiger partial charge is 0.481 e. The second kappa shape index (κ2) is 13.4. The SMILES string of the molecule is C=C(/C=C\c1ncc2c(c1C(C)C(C)C)N(c1ccc(N3CCNCC3)c(C(F)(F)F)c1)C(=C1CCC1)NC2)c1ccc(OC)nc1. The molecule has 2 aromatic heterocycles. The van der Waals surface area contributed by atoms with Gasteiger partial charge in [0, 0.05) is 73.7 Å². The number of fused-ring (bicyclic) bond motifs is 1. The summed E-state index contributed by atoms with van der Waals surface area (Å²) in [5, 5.41) is 6.81. The maximum Gasteiger partial charge on any atom is 0.418 e. The molecule has 248 valence electrons. The lowest BCUT2D eigenvalue weighted by Gasteiger charge is -2.41. The van der Waals surface area contributed by atoms with Crippen molar-refractivity contribution >= 4 is 28.7 Å². The van der Waals surface area contributed by atoms with Crippen molar-refractivity contribution in [1.29, 1.82) is 0 Å². The number of alkyl halides is 3. The summed E-state index contributed by atoms with van der Waals surface area (Å²) in [6.07, 6.45) is 5.86. The van der Waals surface area contributed by atoms with Gasteiger partial charge in [-0.05, 0) is 78.1 Å². The number of nitrogens with one attached hydrogen (secondary N) is 2. The highest BCUT2D eigenvalue weighted by Crippen LogP contribution is 2.48. The molecule has 1 atom stereocenters. The first kappa shape index (κ1) is 32.6. The molecule has 2 aliphatic heterocycles. The van der Waals surface area contributed by atoms with E-state index in [1.165, 1.54) is 11.6 Å². The summed E-state index contributed by atoms with van der Waals surface area (Å²) in [6.45, 7) is 13.7. The number of anilines is 3. The quantitative estimate of drug-likeness (QED) is 0.241. The lowest BCUT2D eigenvalue weighted by atomic mass is 9.84. The number of allylic oxidation sites excluding steroid dienone is 3. The standard InChI is InChI=1S/C37H43F3N6O/c1-23(2)25(4)34-31(12-9-24(3)27-10-14-33(47-5)43-20-27)42-21-28-22-44-36(26-7-6-8-26)46(35(28)34)29-11-13-32(30(19-29)37(38,39)40)45-17-15-41-16-18-45/h9-14,19-21,23,25,41,44H,3,6-8,15-18,22H2,1-2,4-5H3/b12-9-. The maximum atomic E-state index is 14.8. The molecule has 3 aliphatic rings. The van der Waals surface area contributed by atoms with Crippen LogP contribution >= 0.6 is 0 Å². The molecule has 4 heterocycles. The molecule has 1 saturated carbocycles. The second-order valence-corrected chi connectivity index (χ2v) is 12.8. The van der Waals surface area contributed by atoms with E-state index in [4.69, 9.17) is 9.72 Å². The van der Waals surface area contributed by atoms with E-state index in [9.17, 15) is 13.2 Å². The second-order valence-electron chi connectivity index (χ2n) is 12.8. The number of rotatable bonds is 8. The van der Waals surface area contributed by atoms with Gasteiger partial charge in [-0.1, -0.05) is 33.4 Å². The first-order valence-corrected chi connectivity index (χ1v) is 16.4. The van der Waals surface area contributed by atoms with Crippen molar-refractivity contribution in [2.75, 3.05) is 43.1 Å². The fourth-order valence-electron chi connectivity index (χ4n) is 6.42. The van der Waals surface area contributed by atoms with Gasteiger partial charge in [-0.25, -0.2) is 4.98 Å². The Bertz CT molecular complexity index is 1680. The van der Waals surface area contributed by atoms with E-state index in [2.05, 4.69) is 43.0 Å². The lowest BCUT2D eigenvalue weighted by Crippen LogP contribution is -2.44. The zero-order chi connectivity index (χ0) is 33.3. The molecular formula is C37H43F3N6O. The Balaban J connectivity index is 1.51. The minimum Gasteiger partial charge on any atom is -0.481 e. The van der Waals surface area contributed by atoms with Gasteiger partial charge in [-0.15, -0.1) is 0 Å². The van der Waals surface area contributed by atoms with Gasteiger partial charge in [-0.2, -0.15) is 13.2 Å². The third-order valence-electron chi connectivity index (χ3n) is 9.60. The van der Waals surface area contributed by atoms with E-state index in [0.717, 1.165) is 58.7 Å². The molecule has 7 nitrogen and oxygen atoms in total. The highest BCUT2D eigenvalue weighted by molar-refractivity contribution is 5.82. The average molecular weight is 645 g/mol. The molecule has 0 radical (unpaired) electrons. The minimum absolute atomic E-state index is 0.0588. The number of piperazine rings is 1. The number of nitrogens with zero attached hydrogens (tertiary/aromatic N) is 4. The Morgan fingerprint density at radius 1 is 1.04 bits per heavy atom. The average Bonchev–Trinajstić information content (AvgIpc) is 3.05. The summed E-state index contributed by atoms with van der Waals surface area (Å²) < 4.78 is 49.6. The van der Waals surface area contributed by atoms with E-state index in [0.29, 0.717) is 44.3 Å². The summed E-state index contributed by atoms with van der Waals surface area (Å²) in [7, 11) is 1.58. The third-order valence-corrected chi connectivity index (χ3v) is 9.60. The Morgan fingerprint density at radius 3 is 2.43 bits per heavy atom. The summed E-state index contributed by atoms with van der Waals surface area (Å²) >= 11 is 0. The van der Waals surface area contributed by atoms with Crippen molar-refractivity contribution < 1.29 is 17.9 Å². The van der Waals surface area contributed by atoms with Gasteiger partial charge in [-0.3, -0.25) is 9.88 Å². The van der Waals surface area contributed by atoms with Crippen LogP contribution in [0, 0.1) is 5.92 Å². The zero-order valence-electron chi connectivity index (χ0n) is 27.5. The number of pyridine rings is 2. The van der Waals surface area contributed by atoms with Crippen molar-refractivity contribution in [3.8, 4) is 5.88 Å². The van der Waals surface area contributed by atoms with E-state index in [1.54, 1.807) is 25.4 Å². The van der Waals surface area contributed by atoms with Crippen LogP contribution in [-0.2, 0) is 12.7 Å². The highest BCUT2D eigenvalue weighted by atomic mass is 19.4. The Kier molecular flexibility index (Phi) is 9.32. The number of ether oxygens (including phenoxy) is 1. The van der Waals surface area contributed by atoms with E-state index in [-0.39, 0.29) is 17.5 Å². The van der Waals surface area contributed by atoms with E-state index >= 15 is 0 Å². The topological polar surface area (TPSA) is 65.6 Å². The number of hydrogen-bond donors (Lipinski definition) is 2. The van der Waals surface area contributed by atoms with Gasteiger partial charge in [0.2, 0.25) is 5.88 Å². The summed E-state index contributed by atoms with van der Waals surface area (Å²) in [5.74, 6) is 1.72. The molecule has 47 heavy (non-hydrogen) atoms. The summed E-state index contributed by atoms with van der Waals surface area (Å²) in [4.78, 5) is 13.1. The van der Waals surface area contributed by atoms with Crippen LogP contribution in [0.1, 0.15) is 73.9 Å². The van der Waals surface area contributed by atoms with Crippen LogP contribution in [0.5, 0.6) is 5.88 Å². The minimum atomic E-state index is -4.51. The van der Waals surface area contributed by atoms with E-state index in [1.807, 2.05) is 40.3 Å². The van der Waals surface area contributed by atoms with Crippen LogP contribution in [0.15, 0.2) is 66.8 Å². The Hall–Kier alpha value is -4.31. The molecule has 0 amide bonds. The normalized spacial score (nSPS) is 17.4. The first-order valence-electron chi connectivity index (χ1n) is 16.4. The fraction of sp³-hybridized carbons (Fsp3) is 0.405. The third kappa shape index (κ3) is 6.61. The van der Waals surface area contributed by atoms with Gasteiger partial charge in [0.1, 0.15) is 5.82 Å². The van der Waals surface area contributed by atoms with Crippen LogP contribution in [0.25, 0.3) is 11.6 Å². The van der Waals surface area contributed by atoms with Gasteiger partial charge in [0.25, 0.3) is 0 Å². The van der Waals surface area contributed by atoms with Crippen molar-refractivity contribution in [2.45, 2.75) is 58.7 Å². The van der Waals surface area contributed by atoms with Gasteiger partial charge in [0.05, 0.1) is 24.1 Å². The first-order chi connectivity index (χ1) is 22.6. The monoisotopic (exact) mass is 644 g/mol. The van der Waals surface area contributed by atoms with Crippen LogP contribution < -0.4 is 25.2 Å². The van der Waals surface area contributed by atoms with Crippen LogP contribution in [-0.4, -0.2) is 43.3 Å². The van der Waals surface area contributed by atoms with Crippen molar-refractivity contribution in [2.24, 2.45) is 5.92 Å². The molecule has 2 N–H and O–H groups in total. The van der Waals surface area contributed by atoms with Crippen LogP contribution in [0.2, 0.25) is 0 Å². The highest BCUT2D eigenvalue weighted by Gasteiger charge is 2.38. The summed E-state index contributed by atoms with van der Waals surface area (Å²) in [5.41, 5.74) is 6.59. The van der Waals surface area contributed by atoms with Crippen molar-refractivity contribution in [3.05, 3.63) is 94.7 Å². The number of methoxy groups -OCH3 is 1. The molecule has 6 rings (SSSR count). The van der Waals surface area contributed by atoms with Crippen molar-refractivity contribution in [3.63, 3.8) is 0 Å². The zero-order valence-corrected chi connectivity index (χ0v) is 27.5. The lowest BCUT2D eigenvalue weighted by molar-refractivity contribution is -0.137. The molecule has 2 fully saturated rings.